The summed E-state index contributed by atoms with van der Waals surface area (Å²) >= 11 is 0. The fraction of sp³-hybridized carbons (Fsp3) is 0.529. The van der Waals surface area contributed by atoms with Crippen LogP contribution in [0.4, 0.5) is 0 Å². The van der Waals surface area contributed by atoms with Crippen molar-refractivity contribution >= 4 is 5.91 Å². The van der Waals surface area contributed by atoms with Gasteiger partial charge in [0.15, 0.2) is 0 Å². The number of hydrogen-bond acceptors (Lipinski definition) is 3. The highest BCUT2D eigenvalue weighted by molar-refractivity contribution is 5.94. The summed E-state index contributed by atoms with van der Waals surface area (Å²) in [6, 6.07) is 9.97. The third-order valence-corrected chi connectivity index (χ3v) is 3.98. The smallest absolute Gasteiger partial charge is 0.254 e. The Kier molecular flexibility index (Phi) is 5.35. The summed E-state index contributed by atoms with van der Waals surface area (Å²) in [4.78, 5) is 14.3. The molecule has 1 aliphatic rings. The number of carbonyl (C=O) groups is 1. The number of rotatable bonds is 4. The van der Waals surface area contributed by atoms with Gasteiger partial charge in [-0.3, -0.25) is 4.79 Å². The van der Waals surface area contributed by atoms with E-state index >= 15 is 0 Å². The number of amides is 1. The van der Waals surface area contributed by atoms with E-state index in [-0.39, 0.29) is 11.8 Å². The first-order chi connectivity index (χ1) is 10.1. The third kappa shape index (κ3) is 3.83. The van der Waals surface area contributed by atoms with Crippen LogP contribution in [0.3, 0.4) is 0 Å². The molecular formula is C17H22N2O2. The van der Waals surface area contributed by atoms with Gasteiger partial charge in [0.1, 0.15) is 0 Å². The number of ether oxygens (including phenoxy) is 1. The summed E-state index contributed by atoms with van der Waals surface area (Å²) in [5.41, 5.74) is 1.78. The fourth-order valence-electron chi connectivity index (χ4n) is 2.69. The molecule has 21 heavy (non-hydrogen) atoms. The molecule has 0 bridgehead atoms. The van der Waals surface area contributed by atoms with Crippen molar-refractivity contribution in [3.05, 3.63) is 35.4 Å². The van der Waals surface area contributed by atoms with Crippen molar-refractivity contribution in [3.8, 4) is 6.07 Å². The van der Waals surface area contributed by atoms with Crippen LogP contribution in [0.15, 0.2) is 24.3 Å². The molecule has 0 aromatic heterocycles. The molecule has 1 aromatic rings. The molecule has 2 rings (SSSR count). The van der Waals surface area contributed by atoms with E-state index in [1.165, 1.54) is 0 Å². The maximum Gasteiger partial charge on any atom is 0.254 e. The lowest BCUT2D eigenvalue weighted by Gasteiger charge is -2.27. The highest BCUT2D eigenvalue weighted by atomic mass is 16.5. The van der Waals surface area contributed by atoms with Crippen LogP contribution in [0.2, 0.25) is 0 Å². The Morgan fingerprint density at radius 2 is 2.10 bits per heavy atom. The molecule has 1 aliphatic heterocycles. The van der Waals surface area contributed by atoms with Crippen LogP contribution >= 0.6 is 0 Å². The maximum absolute atomic E-state index is 12.5. The van der Waals surface area contributed by atoms with Crippen molar-refractivity contribution in [2.24, 2.45) is 5.92 Å². The number of benzene rings is 1. The molecule has 0 aliphatic carbocycles. The van der Waals surface area contributed by atoms with Crippen LogP contribution in [-0.4, -0.2) is 37.1 Å². The Morgan fingerprint density at radius 1 is 1.38 bits per heavy atom. The Hall–Kier alpha value is -1.86. The first-order valence-electron chi connectivity index (χ1n) is 7.47. The highest BCUT2D eigenvalue weighted by Crippen LogP contribution is 2.28. The monoisotopic (exact) mass is 286 g/mol. The summed E-state index contributed by atoms with van der Waals surface area (Å²) < 4.78 is 5.28. The van der Waals surface area contributed by atoms with Gasteiger partial charge in [0.05, 0.1) is 19.3 Å². The van der Waals surface area contributed by atoms with Gasteiger partial charge in [0.25, 0.3) is 5.91 Å². The molecule has 1 atom stereocenters. The van der Waals surface area contributed by atoms with Crippen LogP contribution in [-0.2, 0) is 4.74 Å². The fourth-order valence-corrected chi connectivity index (χ4v) is 2.69. The largest absolute Gasteiger partial charge is 0.378 e. The zero-order chi connectivity index (χ0) is 15.2. The summed E-state index contributed by atoms with van der Waals surface area (Å²) in [7, 11) is 0. The van der Waals surface area contributed by atoms with Crippen LogP contribution in [0.5, 0.6) is 0 Å². The van der Waals surface area contributed by atoms with Gasteiger partial charge in [-0.1, -0.05) is 26.0 Å². The van der Waals surface area contributed by atoms with Gasteiger partial charge in [-0.15, -0.1) is 0 Å². The SMILES string of the molecule is CC(C)C(CC#N)c1cccc(C(=O)N2CCOCC2)c1. The molecule has 0 N–H and O–H groups in total. The maximum atomic E-state index is 12.5. The molecule has 1 amide bonds. The van der Waals surface area contributed by atoms with E-state index in [0.29, 0.717) is 44.2 Å². The van der Waals surface area contributed by atoms with Crippen molar-refractivity contribution in [1.82, 2.24) is 4.90 Å². The van der Waals surface area contributed by atoms with E-state index in [2.05, 4.69) is 19.9 Å². The molecule has 4 nitrogen and oxygen atoms in total. The summed E-state index contributed by atoms with van der Waals surface area (Å²) in [5, 5.41) is 8.99. The lowest BCUT2D eigenvalue weighted by atomic mass is 9.85. The van der Waals surface area contributed by atoms with Gasteiger partial charge in [0, 0.05) is 25.1 Å². The molecule has 0 spiro atoms. The van der Waals surface area contributed by atoms with Gasteiger partial charge >= 0.3 is 0 Å². The number of nitriles is 1. The number of hydrogen-bond donors (Lipinski definition) is 0. The molecule has 112 valence electrons. The van der Waals surface area contributed by atoms with E-state index in [1.54, 1.807) is 0 Å². The second-order valence-electron chi connectivity index (χ2n) is 5.74. The molecule has 0 saturated carbocycles. The standard InChI is InChI=1S/C17H22N2O2/c1-13(2)16(6-7-18)14-4-3-5-15(12-14)17(20)19-8-10-21-11-9-19/h3-5,12-13,16H,6,8-11H2,1-2H3. The predicted molar refractivity (Wildman–Crippen MR) is 81.0 cm³/mol. The van der Waals surface area contributed by atoms with E-state index in [0.717, 1.165) is 5.56 Å². The molecule has 1 fully saturated rings. The van der Waals surface area contributed by atoms with Gasteiger partial charge < -0.3 is 9.64 Å². The predicted octanol–water partition coefficient (Wildman–Crippen LogP) is 2.81. The number of carbonyl (C=O) groups excluding carboxylic acids is 1. The van der Waals surface area contributed by atoms with E-state index < -0.39 is 0 Å². The van der Waals surface area contributed by atoms with Crippen LogP contribution in [0.1, 0.15) is 42.1 Å². The molecule has 1 aromatic carbocycles. The van der Waals surface area contributed by atoms with Crippen LogP contribution < -0.4 is 0 Å². The second kappa shape index (κ2) is 7.24. The number of nitrogens with zero attached hydrogens (tertiary/aromatic N) is 2. The van der Waals surface area contributed by atoms with Crippen molar-refractivity contribution in [3.63, 3.8) is 0 Å². The minimum atomic E-state index is 0.0552. The molecule has 4 heteroatoms. The summed E-state index contributed by atoms with van der Waals surface area (Å²) in [6.07, 6.45) is 0.479. The second-order valence-corrected chi connectivity index (χ2v) is 5.74. The van der Waals surface area contributed by atoms with Crippen molar-refractivity contribution in [2.75, 3.05) is 26.3 Å². The van der Waals surface area contributed by atoms with E-state index in [4.69, 9.17) is 10.00 Å². The van der Waals surface area contributed by atoms with Crippen molar-refractivity contribution < 1.29 is 9.53 Å². The normalized spacial score (nSPS) is 16.6. The molecule has 1 heterocycles. The van der Waals surface area contributed by atoms with Gasteiger partial charge in [-0.25, -0.2) is 0 Å². The first-order valence-corrected chi connectivity index (χ1v) is 7.47. The topological polar surface area (TPSA) is 53.3 Å². The minimum Gasteiger partial charge on any atom is -0.378 e. The average Bonchev–Trinajstić information content (AvgIpc) is 2.52. The summed E-state index contributed by atoms with van der Waals surface area (Å²) in [6.45, 7) is 6.73. The average molecular weight is 286 g/mol. The Bertz CT molecular complexity index is 528. The Morgan fingerprint density at radius 3 is 2.71 bits per heavy atom. The van der Waals surface area contributed by atoms with E-state index in [1.807, 2.05) is 29.2 Å². The van der Waals surface area contributed by atoms with Crippen LogP contribution in [0.25, 0.3) is 0 Å². The minimum absolute atomic E-state index is 0.0552. The molecule has 1 saturated heterocycles. The molecule has 1 unspecified atom stereocenters. The van der Waals surface area contributed by atoms with Gasteiger partial charge in [0.2, 0.25) is 0 Å². The zero-order valence-corrected chi connectivity index (χ0v) is 12.7. The quantitative estimate of drug-likeness (QED) is 0.855. The lowest BCUT2D eigenvalue weighted by Crippen LogP contribution is -2.40. The first kappa shape index (κ1) is 15.5. The van der Waals surface area contributed by atoms with Gasteiger partial charge in [-0.2, -0.15) is 5.26 Å². The number of morpholine rings is 1. The van der Waals surface area contributed by atoms with Crippen LogP contribution in [0, 0.1) is 17.2 Å². The lowest BCUT2D eigenvalue weighted by molar-refractivity contribution is 0.0303. The highest BCUT2D eigenvalue weighted by Gasteiger charge is 2.21. The van der Waals surface area contributed by atoms with Crippen molar-refractivity contribution in [2.45, 2.75) is 26.2 Å². The molecule has 0 radical (unpaired) electrons. The van der Waals surface area contributed by atoms with Crippen molar-refractivity contribution in [1.29, 1.82) is 5.26 Å². The zero-order valence-electron chi connectivity index (χ0n) is 12.7. The molecular weight excluding hydrogens is 264 g/mol. The summed E-state index contributed by atoms with van der Waals surface area (Å²) in [5.74, 6) is 0.602. The third-order valence-electron chi connectivity index (χ3n) is 3.98. The van der Waals surface area contributed by atoms with E-state index in [9.17, 15) is 4.79 Å². The Balaban J connectivity index is 2.20. The Labute approximate surface area is 126 Å². The van der Waals surface area contributed by atoms with Gasteiger partial charge in [-0.05, 0) is 29.5 Å².